The minimum Gasteiger partial charge on any atom is -0.508 e. The quantitative estimate of drug-likeness (QED) is 0.233. The molecule has 0 amide bonds. The van der Waals surface area contributed by atoms with Crippen LogP contribution < -0.4 is 9.47 Å². The van der Waals surface area contributed by atoms with Gasteiger partial charge in [0.15, 0.2) is 0 Å². The third kappa shape index (κ3) is 10.0. The second-order valence-corrected chi connectivity index (χ2v) is 8.60. The molecule has 2 aromatic rings. The number of carboxylic acid groups (broad SMARTS) is 2. The van der Waals surface area contributed by atoms with Crippen LogP contribution in [0.3, 0.4) is 0 Å². The van der Waals surface area contributed by atoms with E-state index in [0.29, 0.717) is 24.2 Å². The molecule has 0 atom stereocenters. The number of Topliss-reactive ketones (excluding diaryl/α,β-unsaturated/α-hetero) is 1. The topological polar surface area (TPSA) is 151 Å². The summed E-state index contributed by atoms with van der Waals surface area (Å²) in [6.45, 7) is 4.13. The van der Waals surface area contributed by atoms with Gasteiger partial charge < -0.3 is 29.9 Å². The van der Waals surface area contributed by atoms with Crippen molar-refractivity contribution in [1.29, 1.82) is 0 Å². The first-order valence-corrected chi connectivity index (χ1v) is 12.4. The Hall–Kier alpha value is -3.75. The molecule has 2 aromatic carbocycles. The van der Waals surface area contributed by atoms with Crippen molar-refractivity contribution in [3.8, 4) is 23.0 Å². The van der Waals surface area contributed by atoms with E-state index < -0.39 is 11.9 Å². The molecule has 4 N–H and O–H groups in total. The summed E-state index contributed by atoms with van der Waals surface area (Å²) in [5, 5.41) is 37.5. The van der Waals surface area contributed by atoms with Gasteiger partial charge in [-0.15, -0.1) is 0 Å². The predicted molar refractivity (Wildman–Crippen MR) is 139 cm³/mol. The van der Waals surface area contributed by atoms with E-state index in [9.17, 15) is 24.6 Å². The summed E-state index contributed by atoms with van der Waals surface area (Å²) in [5.41, 5.74) is 0.842. The summed E-state index contributed by atoms with van der Waals surface area (Å²) in [6.07, 6.45) is 6.86. The molecule has 0 saturated heterocycles. The maximum atomic E-state index is 11.9. The molecule has 0 aliphatic heterocycles. The number of carbonyl (C=O) groups excluding carboxylic acids is 1. The number of methoxy groups -OCH3 is 2. The van der Waals surface area contributed by atoms with E-state index in [-0.39, 0.29) is 46.1 Å². The van der Waals surface area contributed by atoms with Crippen molar-refractivity contribution in [3.05, 3.63) is 46.5 Å². The number of ketones is 1. The molecule has 0 aromatic heterocycles. The largest absolute Gasteiger partial charge is 0.508 e. The summed E-state index contributed by atoms with van der Waals surface area (Å²) >= 11 is 0. The fourth-order valence-electron chi connectivity index (χ4n) is 3.86. The highest BCUT2D eigenvalue weighted by Crippen LogP contribution is 2.30. The van der Waals surface area contributed by atoms with Crippen molar-refractivity contribution >= 4 is 17.7 Å². The van der Waals surface area contributed by atoms with Crippen LogP contribution in [0.2, 0.25) is 0 Å². The van der Waals surface area contributed by atoms with E-state index in [0.717, 1.165) is 38.5 Å². The number of hydrogen-bond donors (Lipinski definition) is 4. The van der Waals surface area contributed by atoms with Gasteiger partial charge >= 0.3 is 11.9 Å². The van der Waals surface area contributed by atoms with Crippen LogP contribution in [0.25, 0.3) is 0 Å². The van der Waals surface area contributed by atoms with Gasteiger partial charge in [0.05, 0.1) is 14.2 Å². The lowest BCUT2D eigenvalue weighted by atomic mass is 9.98. The maximum Gasteiger partial charge on any atom is 0.339 e. The lowest BCUT2D eigenvalue weighted by molar-refractivity contribution is -0.118. The van der Waals surface area contributed by atoms with E-state index >= 15 is 0 Å². The molecule has 9 heteroatoms. The Morgan fingerprint density at radius 1 is 0.757 bits per heavy atom. The number of aromatic carboxylic acids is 2. The molecule has 204 valence electrons. The SMILES string of the molecule is CCCCCC(=O)Cc1cc(OC)cc(O)c1C(=O)O.CCCCCc1cc(O)cc(OC)c1C(=O)O. The van der Waals surface area contributed by atoms with Crippen LogP contribution in [0.4, 0.5) is 0 Å². The Labute approximate surface area is 217 Å². The van der Waals surface area contributed by atoms with E-state index in [4.69, 9.17) is 19.7 Å². The number of carboxylic acids is 2. The summed E-state index contributed by atoms with van der Waals surface area (Å²) < 4.78 is 9.98. The van der Waals surface area contributed by atoms with Gasteiger partial charge in [-0.1, -0.05) is 39.5 Å². The monoisotopic (exact) mass is 518 g/mol. The van der Waals surface area contributed by atoms with Gasteiger partial charge in [0, 0.05) is 25.0 Å². The van der Waals surface area contributed by atoms with Gasteiger partial charge in [0.1, 0.15) is 39.9 Å². The van der Waals surface area contributed by atoms with Crippen LogP contribution in [0.1, 0.15) is 90.6 Å². The number of aromatic hydroxyl groups is 2. The lowest BCUT2D eigenvalue weighted by Crippen LogP contribution is -2.09. The maximum absolute atomic E-state index is 11.9. The molecule has 0 spiro atoms. The highest BCUT2D eigenvalue weighted by Gasteiger charge is 2.20. The second-order valence-electron chi connectivity index (χ2n) is 8.60. The van der Waals surface area contributed by atoms with Crippen LogP contribution >= 0.6 is 0 Å². The van der Waals surface area contributed by atoms with Crippen LogP contribution in [-0.2, 0) is 17.6 Å². The number of aryl methyl sites for hydroxylation is 1. The lowest BCUT2D eigenvalue weighted by Gasteiger charge is -2.11. The third-order valence-corrected chi connectivity index (χ3v) is 5.72. The third-order valence-electron chi connectivity index (χ3n) is 5.72. The standard InChI is InChI=1S/C15H20O5.C13H18O4/c1-3-4-5-6-11(16)7-10-8-12(20-2)9-13(17)14(10)15(18)19;1-3-4-5-6-9-7-10(14)8-11(17-2)12(9)13(15)16/h8-9,17H,3-7H2,1-2H3,(H,18,19);7-8,14H,3-6H2,1-2H3,(H,15,16). The Morgan fingerprint density at radius 3 is 1.92 bits per heavy atom. The summed E-state index contributed by atoms with van der Waals surface area (Å²) in [5.74, 6) is -2.09. The first-order chi connectivity index (χ1) is 17.6. The molecule has 0 bridgehead atoms. The fraction of sp³-hybridized carbons (Fsp3) is 0.464. The highest BCUT2D eigenvalue weighted by molar-refractivity contribution is 5.95. The number of phenols is 2. The van der Waals surface area contributed by atoms with Gasteiger partial charge in [-0.2, -0.15) is 0 Å². The number of phenolic OH excluding ortho intramolecular Hbond substituents is 1. The number of unbranched alkanes of at least 4 members (excludes halogenated alkanes) is 4. The highest BCUT2D eigenvalue weighted by atomic mass is 16.5. The van der Waals surface area contributed by atoms with Gasteiger partial charge in [0.2, 0.25) is 0 Å². The average Bonchev–Trinajstić information content (AvgIpc) is 2.83. The van der Waals surface area contributed by atoms with Crippen molar-refractivity contribution in [2.24, 2.45) is 0 Å². The molecular formula is C28H38O9. The normalized spacial score (nSPS) is 10.3. The van der Waals surface area contributed by atoms with Crippen molar-refractivity contribution in [2.45, 2.75) is 71.6 Å². The number of rotatable bonds is 14. The minimum absolute atomic E-state index is 0.00386. The molecular weight excluding hydrogens is 480 g/mol. The zero-order valence-corrected chi connectivity index (χ0v) is 22.0. The van der Waals surface area contributed by atoms with Crippen molar-refractivity contribution in [2.75, 3.05) is 14.2 Å². The Kier molecular flexibility index (Phi) is 13.6. The zero-order valence-electron chi connectivity index (χ0n) is 22.0. The van der Waals surface area contributed by atoms with E-state index in [1.807, 2.05) is 6.92 Å². The number of ether oxygens (including phenoxy) is 2. The van der Waals surface area contributed by atoms with E-state index in [1.54, 1.807) is 0 Å². The first kappa shape index (κ1) is 31.3. The molecule has 0 aliphatic carbocycles. The van der Waals surface area contributed by atoms with Crippen molar-refractivity contribution < 1.29 is 44.3 Å². The molecule has 37 heavy (non-hydrogen) atoms. The van der Waals surface area contributed by atoms with Crippen LogP contribution in [0.5, 0.6) is 23.0 Å². The molecule has 0 fully saturated rings. The molecule has 0 aliphatic rings. The second kappa shape index (κ2) is 16.1. The number of carbonyl (C=O) groups is 3. The summed E-state index contributed by atoms with van der Waals surface area (Å²) in [4.78, 5) is 34.2. The average molecular weight is 519 g/mol. The molecule has 0 saturated carbocycles. The zero-order chi connectivity index (χ0) is 28.0. The summed E-state index contributed by atoms with van der Waals surface area (Å²) in [7, 11) is 2.82. The molecule has 9 nitrogen and oxygen atoms in total. The van der Waals surface area contributed by atoms with Gasteiger partial charge in [-0.3, -0.25) is 4.79 Å². The molecule has 0 heterocycles. The van der Waals surface area contributed by atoms with Gasteiger partial charge in [-0.05, 0) is 42.5 Å². The van der Waals surface area contributed by atoms with E-state index in [1.165, 1.54) is 38.5 Å². The summed E-state index contributed by atoms with van der Waals surface area (Å²) in [6, 6.07) is 5.55. The number of hydrogen-bond acceptors (Lipinski definition) is 7. The molecule has 0 unspecified atom stereocenters. The Morgan fingerprint density at radius 2 is 1.38 bits per heavy atom. The smallest absolute Gasteiger partial charge is 0.339 e. The van der Waals surface area contributed by atoms with Gasteiger partial charge in [-0.25, -0.2) is 9.59 Å². The van der Waals surface area contributed by atoms with Crippen molar-refractivity contribution in [3.63, 3.8) is 0 Å². The van der Waals surface area contributed by atoms with E-state index in [2.05, 4.69) is 6.92 Å². The number of benzene rings is 2. The van der Waals surface area contributed by atoms with Crippen LogP contribution in [0.15, 0.2) is 24.3 Å². The molecule has 2 rings (SSSR count). The van der Waals surface area contributed by atoms with Gasteiger partial charge in [0.25, 0.3) is 0 Å². The molecule has 0 radical (unpaired) electrons. The minimum atomic E-state index is -1.25. The van der Waals surface area contributed by atoms with Crippen LogP contribution in [-0.4, -0.2) is 52.4 Å². The fourth-order valence-corrected chi connectivity index (χ4v) is 3.86. The van der Waals surface area contributed by atoms with Crippen LogP contribution in [0, 0.1) is 0 Å². The van der Waals surface area contributed by atoms with Crippen molar-refractivity contribution in [1.82, 2.24) is 0 Å². The predicted octanol–water partition coefficient (Wildman–Crippen LogP) is 5.62. The first-order valence-electron chi connectivity index (χ1n) is 12.4. The Balaban J connectivity index is 0.000000375. The Bertz CT molecular complexity index is 1060.